The molecule has 0 aliphatic rings. The van der Waals surface area contributed by atoms with E-state index in [1.807, 2.05) is 41.8 Å². The van der Waals surface area contributed by atoms with Crippen LogP contribution in [-0.4, -0.2) is 43.9 Å². The number of para-hydroxylation sites is 1. The second kappa shape index (κ2) is 7.79. The number of esters is 1. The fourth-order valence-electron chi connectivity index (χ4n) is 2.89. The van der Waals surface area contributed by atoms with Gasteiger partial charge in [0.1, 0.15) is 6.33 Å². The Morgan fingerprint density at radius 1 is 1.22 bits per heavy atom. The molecule has 7 nitrogen and oxygen atoms in total. The van der Waals surface area contributed by atoms with Gasteiger partial charge in [0, 0.05) is 11.4 Å². The average molecular weight is 384 g/mol. The van der Waals surface area contributed by atoms with E-state index in [1.165, 1.54) is 18.9 Å². The molecule has 1 aromatic carbocycles. The molecule has 140 valence electrons. The van der Waals surface area contributed by atoms with Crippen molar-refractivity contribution < 1.29 is 14.3 Å². The number of benzene rings is 1. The molecule has 1 atom stereocenters. The number of ether oxygens (including phenoxy) is 1. The minimum absolute atomic E-state index is 0.113. The Balaban J connectivity index is 1.84. The van der Waals surface area contributed by atoms with Crippen molar-refractivity contribution in [3.8, 4) is 5.69 Å². The highest BCUT2D eigenvalue weighted by Gasteiger charge is 2.27. The summed E-state index contributed by atoms with van der Waals surface area (Å²) in [6.07, 6.45) is 1.62. The zero-order valence-corrected chi connectivity index (χ0v) is 16.3. The Hall–Kier alpha value is -2.87. The lowest BCUT2D eigenvalue weighted by Crippen LogP contribution is -2.16. The topological polar surface area (TPSA) is 89.9 Å². The number of Topliss-reactive ketones (excluding diaryl/α,β-unsaturated/α-hetero) is 1. The summed E-state index contributed by atoms with van der Waals surface area (Å²) in [4.78, 5) is 27.9. The highest BCUT2D eigenvalue weighted by molar-refractivity contribution is 8.00. The van der Waals surface area contributed by atoms with Gasteiger partial charge in [-0.15, -0.1) is 10.2 Å². The summed E-state index contributed by atoms with van der Waals surface area (Å²) in [5.74, 6) is -0.567. The first kappa shape index (κ1) is 18.9. The minimum atomic E-state index is -0.454. The molecule has 3 aromatic rings. The van der Waals surface area contributed by atoms with Gasteiger partial charge in [0.05, 0.1) is 23.6 Å². The van der Waals surface area contributed by atoms with Gasteiger partial charge >= 0.3 is 5.97 Å². The van der Waals surface area contributed by atoms with E-state index >= 15 is 0 Å². The first-order valence-corrected chi connectivity index (χ1v) is 9.25. The average Bonchev–Trinajstić information content (AvgIpc) is 3.25. The van der Waals surface area contributed by atoms with Gasteiger partial charge in [0.2, 0.25) is 0 Å². The zero-order valence-electron chi connectivity index (χ0n) is 15.5. The number of aromatic amines is 1. The molecule has 0 spiro atoms. The number of rotatable bonds is 6. The first-order valence-electron chi connectivity index (χ1n) is 8.37. The zero-order chi connectivity index (χ0) is 19.6. The number of ketones is 1. The van der Waals surface area contributed by atoms with Gasteiger partial charge in [-0.1, -0.05) is 30.0 Å². The molecule has 0 saturated carbocycles. The summed E-state index contributed by atoms with van der Waals surface area (Å²) in [7, 11) is 1.32. The highest BCUT2D eigenvalue weighted by Crippen LogP contribution is 2.28. The Bertz CT molecular complexity index is 978. The van der Waals surface area contributed by atoms with Crippen LogP contribution in [0.1, 0.15) is 39.0 Å². The van der Waals surface area contributed by atoms with E-state index < -0.39 is 11.2 Å². The van der Waals surface area contributed by atoms with Crippen LogP contribution < -0.4 is 0 Å². The van der Waals surface area contributed by atoms with Crippen LogP contribution in [0.5, 0.6) is 0 Å². The number of nitrogens with zero attached hydrogens (tertiary/aromatic N) is 3. The molecule has 0 radical (unpaired) electrons. The van der Waals surface area contributed by atoms with E-state index in [9.17, 15) is 9.59 Å². The fourth-order valence-corrected chi connectivity index (χ4v) is 3.79. The molecule has 3 rings (SSSR count). The van der Waals surface area contributed by atoms with Crippen molar-refractivity contribution in [1.82, 2.24) is 19.7 Å². The van der Waals surface area contributed by atoms with Crippen LogP contribution in [0.25, 0.3) is 5.69 Å². The normalized spacial score (nSPS) is 12.0. The predicted octanol–water partition coefficient (Wildman–Crippen LogP) is 3.36. The highest BCUT2D eigenvalue weighted by atomic mass is 32.2. The van der Waals surface area contributed by atoms with E-state index in [2.05, 4.69) is 15.2 Å². The molecular formula is C19H20N4O3S. The largest absolute Gasteiger partial charge is 0.465 e. The van der Waals surface area contributed by atoms with Crippen LogP contribution >= 0.6 is 11.8 Å². The van der Waals surface area contributed by atoms with Crippen LogP contribution in [0.2, 0.25) is 0 Å². The van der Waals surface area contributed by atoms with Crippen LogP contribution in [0, 0.1) is 13.8 Å². The molecule has 0 bridgehead atoms. The van der Waals surface area contributed by atoms with E-state index in [4.69, 9.17) is 4.74 Å². The summed E-state index contributed by atoms with van der Waals surface area (Å²) in [5, 5.41) is 8.30. The third-order valence-corrected chi connectivity index (χ3v) is 5.33. The van der Waals surface area contributed by atoms with Gasteiger partial charge in [-0.3, -0.25) is 9.36 Å². The van der Waals surface area contributed by atoms with E-state index in [0.717, 1.165) is 5.69 Å². The molecule has 27 heavy (non-hydrogen) atoms. The molecule has 0 fully saturated rings. The predicted molar refractivity (Wildman–Crippen MR) is 103 cm³/mol. The third-order valence-electron chi connectivity index (χ3n) is 4.28. The lowest BCUT2D eigenvalue weighted by Gasteiger charge is -2.11. The van der Waals surface area contributed by atoms with E-state index in [-0.39, 0.29) is 5.78 Å². The molecule has 0 saturated heterocycles. The summed E-state index contributed by atoms with van der Waals surface area (Å²) in [6, 6.07) is 9.68. The fraction of sp³-hybridized carbons (Fsp3) is 0.263. The second-order valence-corrected chi connectivity index (χ2v) is 7.37. The second-order valence-electron chi connectivity index (χ2n) is 6.06. The van der Waals surface area contributed by atoms with Crippen LogP contribution in [0.15, 0.2) is 41.8 Å². The Morgan fingerprint density at radius 2 is 1.93 bits per heavy atom. The van der Waals surface area contributed by atoms with Crippen molar-refractivity contribution in [2.24, 2.45) is 0 Å². The number of methoxy groups -OCH3 is 1. The van der Waals surface area contributed by atoms with Gasteiger partial charge in [0.25, 0.3) is 0 Å². The maximum Gasteiger partial charge on any atom is 0.339 e. The number of hydrogen-bond acceptors (Lipinski definition) is 6. The van der Waals surface area contributed by atoms with Gasteiger partial charge in [-0.2, -0.15) is 0 Å². The number of H-pyrrole nitrogens is 1. The van der Waals surface area contributed by atoms with Crippen LogP contribution in [0.4, 0.5) is 0 Å². The monoisotopic (exact) mass is 384 g/mol. The molecule has 1 N–H and O–H groups in total. The van der Waals surface area contributed by atoms with Gasteiger partial charge in [0.15, 0.2) is 10.9 Å². The Kier molecular flexibility index (Phi) is 5.46. The Labute approximate surface area is 161 Å². The molecule has 2 heterocycles. The molecule has 2 aromatic heterocycles. The molecule has 8 heteroatoms. The molecule has 0 aliphatic heterocycles. The molecule has 0 aliphatic carbocycles. The smallest absolute Gasteiger partial charge is 0.339 e. The van der Waals surface area contributed by atoms with Crippen LogP contribution in [0.3, 0.4) is 0 Å². The van der Waals surface area contributed by atoms with Gasteiger partial charge in [-0.05, 0) is 38.5 Å². The number of thioether (sulfide) groups is 1. The van der Waals surface area contributed by atoms with Crippen molar-refractivity contribution in [3.05, 3.63) is 59.2 Å². The molecule has 1 unspecified atom stereocenters. The van der Waals surface area contributed by atoms with Crippen molar-refractivity contribution in [1.29, 1.82) is 0 Å². The number of nitrogens with one attached hydrogen (secondary N) is 1. The third kappa shape index (κ3) is 3.66. The summed E-state index contributed by atoms with van der Waals surface area (Å²) >= 11 is 1.32. The molecule has 0 amide bonds. The van der Waals surface area contributed by atoms with Gasteiger partial charge < -0.3 is 9.72 Å². The van der Waals surface area contributed by atoms with Crippen molar-refractivity contribution >= 4 is 23.5 Å². The van der Waals surface area contributed by atoms with E-state index in [0.29, 0.717) is 27.7 Å². The SMILES string of the molecule is COC(=O)c1c(C)[nH]c(C(=O)C(C)Sc2nncn2-c2ccccc2)c1C. The van der Waals surface area contributed by atoms with Crippen molar-refractivity contribution in [2.75, 3.05) is 7.11 Å². The Morgan fingerprint density at radius 3 is 2.59 bits per heavy atom. The maximum atomic E-state index is 13.0. The van der Waals surface area contributed by atoms with Crippen LogP contribution in [-0.2, 0) is 4.74 Å². The number of aromatic nitrogens is 4. The minimum Gasteiger partial charge on any atom is -0.465 e. The number of carbonyl (C=O) groups is 2. The summed E-state index contributed by atoms with van der Waals surface area (Å²) in [5.41, 5.74) is 2.96. The van der Waals surface area contributed by atoms with Crippen molar-refractivity contribution in [2.45, 2.75) is 31.2 Å². The summed E-state index contributed by atoms with van der Waals surface area (Å²) in [6.45, 7) is 5.30. The lowest BCUT2D eigenvalue weighted by molar-refractivity contribution is 0.0599. The van der Waals surface area contributed by atoms with Crippen molar-refractivity contribution in [3.63, 3.8) is 0 Å². The first-order chi connectivity index (χ1) is 12.9. The standard InChI is InChI=1S/C19H20N4O3S/c1-11-15(18(25)26-4)12(2)21-16(11)17(24)13(3)27-19-22-20-10-23(19)14-8-6-5-7-9-14/h5-10,13,21H,1-4H3. The number of carbonyl (C=O) groups excluding carboxylic acids is 2. The van der Waals surface area contributed by atoms with E-state index in [1.54, 1.807) is 20.2 Å². The summed E-state index contributed by atoms with van der Waals surface area (Å²) < 4.78 is 6.64. The lowest BCUT2D eigenvalue weighted by atomic mass is 10.1. The van der Waals surface area contributed by atoms with Gasteiger partial charge in [-0.25, -0.2) is 4.79 Å². The quantitative estimate of drug-likeness (QED) is 0.398. The molecular weight excluding hydrogens is 364 g/mol. The number of aryl methyl sites for hydroxylation is 1. The maximum absolute atomic E-state index is 13.0. The number of hydrogen-bond donors (Lipinski definition) is 1.